The van der Waals surface area contributed by atoms with Crippen molar-refractivity contribution in [1.29, 1.82) is 0 Å². The molecule has 33 heavy (non-hydrogen) atoms. The number of hydrogen-bond acceptors (Lipinski definition) is 4. The molecule has 0 bridgehead atoms. The van der Waals surface area contributed by atoms with Gasteiger partial charge in [-0.25, -0.2) is 4.99 Å². The van der Waals surface area contributed by atoms with E-state index in [0.29, 0.717) is 17.9 Å². The highest BCUT2D eigenvalue weighted by Crippen LogP contribution is 2.45. The van der Waals surface area contributed by atoms with Crippen LogP contribution in [-0.4, -0.2) is 27.7 Å². The van der Waals surface area contributed by atoms with Crippen molar-refractivity contribution in [1.82, 2.24) is 0 Å². The number of hydrogen-bond donors (Lipinski definition) is 4. The number of carboxylic acids is 1. The summed E-state index contributed by atoms with van der Waals surface area (Å²) in [6.07, 6.45) is 3.07. The summed E-state index contributed by atoms with van der Waals surface area (Å²) in [5.74, 6) is 0.214. The van der Waals surface area contributed by atoms with Crippen LogP contribution in [0.3, 0.4) is 0 Å². The monoisotopic (exact) mass is 475 g/mol. The fourth-order valence-corrected chi connectivity index (χ4v) is 4.52. The number of aliphatic imine (C=N–C) groups is 1. The third kappa shape index (κ3) is 5.90. The van der Waals surface area contributed by atoms with Crippen molar-refractivity contribution in [3.05, 3.63) is 52.1 Å². The van der Waals surface area contributed by atoms with Gasteiger partial charge >= 0.3 is 5.97 Å². The van der Waals surface area contributed by atoms with Crippen molar-refractivity contribution in [2.24, 2.45) is 16.5 Å². The molecular formula is C25H34ClN3O4. The van der Waals surface area contributed by atoms with Gasteiger partial charge in [0.05, 0.1) is 12.1 Å². The zero-order valence-electron chi connectivity index (χ0n) is 19.6. The highest BCUT2D eigenvalue weighted by Gasteiger charge is 2.35. The number of carbonyl (C=O) groups is 1. The van der Waals surface area contributed by atoms with Crippen LogP contribution in [0.2, 0.25) is 0 Å². The Kier molecular flexibility index (Phi) is 8.25. The van der Waals surface area contributed by atoms with E-state index in [1.807, 2.05) is 32.9 Å². The maximum Gasteiger partial charge on any atom is 0.303 e. The number of phenolic OH excluding ortho intramolecular Hbond substituents is 1. The zero-order valence-corrected chi connectivity index (χ0v) is 20.5. The van der Waals surface area contributed by atoms with Crippen LogP contribution < -0.4 is 16.2 Å². The summed E-state index contributed by atoms with van der Waals surface area (Å²) in [6.45, 7) is 7.90. The lowest BCUT2D eigenvalue weighted by molar-refractivity contribution is -0.137. The highest BCUT2D eigenvalue weighted by molar-refractivity contribution is 5.85. The predicted octanol–water partition coefficient (Wildman–Crippen LogP) is 4.77. The van der Waals surface area contributed by atoms with Gasteiger partial charge in [0.2, 0.25) is 0 Å². The lowest BCUT2D eigenvalue weighted by Crippen LogP contribution is -2.37. The summed E-state index contributed by atoms with van der Waals surface area (Å²) in [6, 6.07) is 7.35. The first-order valence-corrected chi connectivity index (χ1v) is 10.9. The number of halogens is 1. The van der Waals surface area contributed by atoms with E-state index in [9.17, 15) is 15.0 Å². The number of aliphatic carboxylic acids is 1. The van der Waals surface area contributed by atoms with Crippen LogP contribution in [0.25, 0.3) is 0 Å². The van der Waals surface area contributed by atoms with Crippen LogP contribution in [0, 0.1) is 20.8 Å². The van der Waals surface area contributed by atoms with Gasteiger partial charge in [-0.3, -0.25) is 4.79 Å². The molecule has 1 aliphatic rings. The predicted molar refractivity (Wildman–Crippen MR) is 133 cm³/mol. The second kappa shape index (κ2) is 10.3. The van der Waals surface area contributed by atoms with Gasteiger partial charge in [-0.1, -0.05) is 12.1 Å². The molecule has 2 atom stereocenters. The number of phenols is 1. The molecule has 0 spiro atoms. The van der Waals surface area contributed by atoms with Crippen LogP contribution in [0.15, 0.2) is 29.3 Å². The number of ether oxygens (including phenoxy) is 1. The van der Waals surface area contributed by atoms with Crippen molar-refractivity contribution >= 4 is 30.0 Å². The topological polar surface area (TPSA) is 131 Å². The summed E-state index contributed by atoms with van der Waals surface area (Å²) in [5, 5.41) is 19.9. The van der Waals surface area contributed by atoms with Gasteiger partial charge in [-0.15, -0.1) is 12.4 Å². The SMILES string of the molecule is Cc1c(C)c2c(c(C)c1O)CCC(C)(CCC(CC(=O)O)c1ccc(N=C(N)N)cc1)O2.Cl. The molecular weight excluding hydrogens is 442 g/mol. The van der Waals surface area contributed by atoms with Crippen LogP contribution in [0.5, 0.6) is 11.5 Å². The number of fused-ring (bicyclic) bond motifs is 1. The van der Waals surface area contributed by atoms with Crippen molar-refractivity contribution in [3.8, 4) is 11.5 Å². The zero-order chi connectivity index (χ0) is 23.6. The third-order valence-electron chi connectivity index (χ3n) is 6.66. The van der Waals surface area contributed by atoms with Crippen LogP contribution in [0.4, 0.5) is 5.69 Å². The van der Waals surface area contributed by atoms with E-state index in [2.05, 4.69) is 11.9 Å². The molecule has 0 saturated heterocycles. The number of nitrogens with zero attached hydrogens (tertiary/aromatic N) is 1. The normalized spacial score (nSPS) is 17.8. The summed E-state index contributed by atoms with van der Waals surface area (Å²) in [5.41, 5.74) is 15.8. The first kappa shape index (κ1) is 26.3. The summed E-state index contributed by atoms with van der Waals surface area (Å²) >= 11 is 0. The Morgan fingerprint density at radius 2 is 1.79 bits per heavy atom. The van der Waals surface area contributed by atoms with Crippen molar-refractivity contribution in [2.45, 2.75) is 71.3 Å². The Morgan fingerprint density at radius 1 is 1.15 bits per heavy atom. The van der Waals surface area contributed by atoms with Gasteiger partial charge in [-0.05, 0) is 93.7 Å². The number of benzene rings is 2. The van der Waals surface area contributed by atoms with E-state index in [1.165, 1.54) is 0 Å². The minimum absolute atomic E-state index is 0. The molecule has 7 nitrogen and oxygen atoms in total. The Hall–Kier alpha value is -2.93. The number of carboxylic acid groups (broad SMARTS) is 1. The fourth-order valence-electron chi connectivity index (χ4n) is 4.52. The summed E-state index contributed by atoms with van der Waals surface area (Å²) in [7, 11) is 0. The molecule has 0 amide bonds. The second-order valence-electron chi connectivity index (χ2n) is 9.04. The number of guanidine groups is 1. The standard InChI is InChI=1S/C25H33N3O4.ClH/c1-14-15(2)23-20(16(3)22(14)31)10-12-25(4,32-23)11-9-18(13-21(29)30)17-5-7-19(8-6-17)28-24(26)27;/h5-8,18,31H,9-13H2,1-4H3,(H,29,30)(H4,26,27,28);1H. The van der Waals surface area contributed by atoms with Crippen LogP contribution >= 0.6 is 12.4 Å². The summed E-state index contributed by atoms with van der Waals surface area (Å²) in [4.78, 5) is 15.6. The first-order chi connectivity index (χ1) is 15.0. The Labute approximate surface area is 201 Å². The van der Waals surface area contributed by atoms with Gasteiger partial charge < -0.3 is 26.4 Å². The van der Waals surface area contributed by atoms with Crippen LogP contribution in [-0.2, 0) is 11.2 Å². The molecule has 1 aliphatic heterocycles. The van der Waals surface area contributed by atoms with Crippen molar-refractivity contribution in [3.63, 3.8) is 0 Å². The van der Waals surface area contributed by atoms with Gasteiger partial charge in [0.1, 0.15) is 17.1 Å². The number of rotatable bonds is 7. The van der Waals surface area contributed by atoms with E-state index in [-0.39, 0.29) is 30.7 Å². The number of aromatic hydroxyl groups is 1. The Balaban J connectivity index is 0.00000385. The Morgan fingerprint density at radius 3 is 2.36 bits per heavy atom. The minimum Gasteiger partial charge on any atom is -0.507 e. The Bertz CT molecular complexity index is 1050. The maximum atomic E-state index is 11.5. The lowest BCUT2D eigenvalue weighted by Gasteiger charge is -2.38. The molecule has 2 unspecified atom stereocenters. The fraction of sp³-hybridized carbons (Fsp3) is 0.440. The maximum absolute atomic E-state index is 11.5. The molecule has 6 N–H and O–H groups in total. The van der Waals surface area contributed by atoms with Crippen molar-refractivity contribution in [2.75, 3.05) is 0 Å². The van der Waals surface area contributed by atoms with Crippen molar-refractivity contribution < 1.29 is 19.7 Å². The smallest absolute Gasteiger partial charge is 0.303 e. The molecule has 8 heteroatoms. The van der Waals surface area contributed by atoms with Gasteiger partial charge in [0.25, 0.3) is 0 Å². The lowest BCUT2D eigenvalue weighted by atomic mass is 9.81. The largest absolute Gasteiger partial charge is 0.507 e. The van der Waals surface area contributed by atoms with Gasteiger partial charge in [0.15, 0.2) is 5.96 Å². The molecule has 0 aliphatic carbocycles. The van der Waals surface area contributed by atoms with Gasteiger partial charge in [-0.2, -0.15) is 0 Å². The minimum atomic E-state index is -0.832. The molecule has 2 aromatic carbocycles. The first-order valence-electron chi connectivity index (χ1n) is 10.9. The quantitative estimate of drug-likeness (QED) is 0.337. The molecule has 1 heterocycles. The second-order valence-corrected chi connectivity index (χ2v) is 9.04. The average molecular weight is 476 g/mol. The van der Waals surface area contributed by atoms with Crippen LogP contribution in [0.1, 0.15) is 66.3 Å². The molecule has 0 radical (unpaired) electrons. The van der Waals surface area contributed by atoms with E-state index in [1.54, 1.807) is 12.1 Å². The average Bonchev–Trinajstić information content (AvgIpc) is 2.73. The highest BCUT2D eigenvalue weighted by atomic mass is 35.5. The summed E-state index contributed by atoms with van der Waals surface area (Å²) < 4.78 is 6.52. The molecule has 0 saturated carbocycles. The third-order valence-corrected chi connectivity index (χ3v) is 6.66. The van der Waals surface area contributed by atoms with E-state index in [0.717, 1.165) is 52.8 Å². The van der Waals surface area contributed by atoms with E-state index < -0.39 is 11.6 Å². The molecule has 3 rings (SSSR count). The van der Waals surface area contributed by atoms with E-state index >= 15 is 0 Å². The molecule has 0 fully saturated rings. The molecule has 0 aromatic heterocycles. The van der Waals surface area contributed by atoms with E-state index in [4.69, 9.17) is 16.2 Å². The molecule has 180 valence electrons. The van der Waals surface area contributed by atoms with Gasteiger partial charge in [0, 0.05) is 5.56 Å². The number of nitrogens with two attached hydrogens (primary N) is 2. The molecule has 2 aromatic rings.